The van der Waals surface area contributed by atoms with Crippen LogP contribution in [-0.4, -0.2) is 27.7 Å². The van der Waals surface area contributed by atoms with E-state index in [9.17, 15) is 4.79 Å². The molecule has 0 bridgehead atoms. The van der Waals surface area contributed by atoms with E-state index >= 15 is 0 Å². The molecule has 0 saturated heterocycles. The lowest BCUT2D eigenvalue weighted by atomic mass is 10.2. The summed E-state index contributed by atoms with van der Waals surface area (Å²) in [6.45, 7) is 1.74. The molecule has 0 saturated carbocycles. The smallest absolute Gasteiger partial charge is 0.358 e. The van der Waals surface area contributed by atoms with E-state index < -0.39 is 5.97 Å². The minimum atomic E-state index is -0.543. The Morgan fingerprint density at radius 3 is 2.67 bits per heavy atom. The predicted octanol–water partition coefficient (Wildman–Crippen LogP) is 3.14. The lowest BCUT2D eigenvalue weighted by molar-refractivity contribution is 0.0590. The van der Waals surface area contributed by atoms with Gasteiger partial charge in [-0.2, -0.15) is 5.10 Å². The molecule has 0 spiro atoms. The molecule has 2 aromatic heterocycles. The summed E-state index contributed by atoms with van der Waals surface area (Å²) in [6, 6.07) is 11.5. The Morgan fingerprint density at radius 1 is 1.29 bits per heavy atom. The first-order valence-corrected chi connectivity index (χ1v) is 6.69. The molecule has 0 fully saturated rings. The molecular formula is C15H12ClN3O2. The maximum atomic E-state index is 12.0. The number of methoxy groups -OCH3 is 1. The number of hydrogen-bond donors (Lipinski definition) is 0. The number of aromatic nitrogens is 3. The van der Waals surface area contributed by atoms with Crippen LogP contribution in [0.2, 0.25) is 5.02 Å². The second-order valence-corrected chi connectivity index (χ2v) is 4.89. The van der Waals surface area contributed by atoms with Gasteiger partial charge in [0, 0.05) is 11.6 Å². The van der Waals surface area contributed by atoms with Crippen molar-refractivity contribution in [2.45, 2.75) is 6.92 Å². The summed E-state index contributed by atoms with van der Waals surface area (Å²) < 4.78 is 6.20. The Balaban J connectivity index is 2.29. The van der Waals surface area contributed by atoms with Crippen molar-refractivity contribution in [3.05, 3.63) is 52.8 Å². The highest BCUT2D eigenvalue weighted by Crippen LogP contribution is 2.25. The van der Waals surface area contributed by atoms with E-state index in [1.165, 1.54) is 11.6 Å². The number of fused-ring (bicyclic) bond motifs is 1. The van der Waals surface area contributed by atoms with Crippen molar-refractivity contribution < 1.29 is 9.53 Å². The monoisotopic (exact) mass is 301 g/mol. The van der Waals surface area contributed by atoms with Gasteiger partial charge in [-0.05, 0) is 6.92 Å². The van der Waals surface area contributed by atoms with Gasteiger partial charge in [0.1, 0.15) is 0 Å². The number of ether oxygens (including phenoxy) is 1. The first kappa shape index (κ1) is 13.6. The zero-order valence-corrected chi connectivity index (χ0v) is 12.3. The van der Waals surface area contributed by atoms with Crippen molar-refractivity contribution in [3.8, 4) is 11.3 Å². The van der Waals surface area contributed by atoms with Crippen molar-refractivity contribution in [2.75, 3.05) is 7.11 Å². The summed E-state index contributed by atoms with van der Waals surface area (Å²) in [5, 5.41) is 4.67. The molecule has 0 atom stereocenters. The average molecular weight is 302 g/mol. The van der Waals surface area contributed by atoms with Gasteiger partial charge in [0.05, 0.1) is 23.5 Å². The van der Waals surface area contributed by atoms with Crippen molar-refractivity contribution in [1.82, 2.24) is 14.6 Å². The number of nitrogens with zero attached hydrogens (tertiary/aromatic N) is 3. The number of benzene rings is 1. The van der Waals surface area contributed by atoms with Gasteiger partial charge in [0.15, 0.2) is 11.3 Å². The van der Waals surface area contributed by atoms with E-state index in [0.29, 0.717) is 11.3 Å². The summed E-state index contributed by atoms with van der Waals surface area (Å²) in [5.74, 6) is -0.543. The Morgan fingerprint density at radius 2 is 2.00 bits per heavy atom. The highest BCUT2D eigenvalue weighted by atomic mass is 35.5. The van der Waals surface area contributed by atoms with Crippen LogP contribution in [0.25, 0.3) is 16.9 Å². The third kappa shape index (κ3) is 2.25. The van der Waals surface area contributed by atoms with Crippen molar-refractivity contribution in [3.63, 3.8) is 0 Å². The van der Waals surface area contributed by atoms with E-state index in [0.717, 1.165) is 11.3 Å². The lowest BCUT2D eigenvalue weighted by Gasteiger charge is -2.06. The molecule has 21 heavy (non-hydrogen) atoms. The zero-order chi connectivity index (χ0) is 15.0. The number of rotatable bonds is 2. The molecule has 0 aliphatic heterocycles. The molecule has 0 N–H and O–H groups in total. The molecule has 0 aliphatic rings. The Labute approximate surface area is 126 Å². The molecule has 0 radical (unpaired) electrons. The molecule has 0 aliphatic carbocycles. The molecule has 1 aromatic carbocycles. The van der Waals surface area contributed by atoms with E-state index in [2.05, 4.69) is 10.1 Å². The van der Waals surface area contributed by atoms with Crippen molar-refractivity contribution >= 4 is 23.2 Å². The van der Waals surface area contributed by atoms with E-state index in [4.69, 9.17) is 16.3 Å². The van der Waals surface area contributed by atoms with Crippen LogP contribution in [0.1, 0.15) is 16.2 Å². The van der Waals surface area contributed by atoms with Gasteiger partial charge in [0.2, 0.25) is 0 Å². The maximum Gasteiger partial charge on any atom is 0.358 e. The number of carbonyl (C=O) groups excluding carboxylic acids is 1. The number of esters is 1. The second-order valence-electron chi connectivity index (χ2n) is 4.52. The van der Waals surface area contributed by atoms with Crippen LogP contribution >= 0.6 is 11.6 Å². The highest BCUT2D eigenvalue weighted by molar-refractivity contribution is 6.34. The fourth-order valence-corrected chi connectivity index (χ4v) is 2.32. The molecule has 3 rings (SSSR count). The van der Waals surface area contributed by atoms with Crippen LogP contribution in [0.3, 0.4) is 0 Å². The van der Waals surface area contributed by atoms with Crippen LogP contribution in [0, 0.1) is 6.92 Å². The second kappa shape index (κ2) is 5.18. The van der Waals surface area contributed by atoms with Gasteiger partial charge < -0.3 is 4.74 Å². The Kier molecular flexibility index (Phi) is 3.35. The number of halogens is 1. The van der Waals surface area contributed by atoms with Gasteiger partial charge in [-0.25, -0.2) is 14.3 Å². The fraction of sp³-hybridized carbons (Fsp3) is 0.133. The summed E-state index contributed by atoms with van der Waals surface area (Å²) >= 11 is 6.18. The van der Waals surface area contributed by atoms with Gasteiger partial charge in [-0.3, -0.25) is 0 Å². The van der Waals surface area contributed by atoms with E-state index in [-0.39, 0.29) is 10.7 Å². The molecule has 3 aromatic rings. The maximum absolute atomic E-state index is 12.0. The first-order valence-electron chi connectivity index (χ1n) is 6.31. The van der Waals surface area contributed by atoms with Gasteiger partial charge in [-0.15, -0.1) is 0 Å². The topological polar surface area (TPSA) is 56.5 Å². The number of aryl methyl sites for hydroxylation is 1. The fourth-order valence-electron chi connectivity index (χ4n) is 2.12. The van der Waals surface area contributed by atoms with Crippen LogP contribution in [0.15, 0.2) is 36.4 Å². The molecule has 0 unspecified atom stereocenters. The standard InChI is InChI=1S/C15H12ClN3O2/c1-9-13(16)14(15(20)21-2)19-12(17-9)8-11(18-19)10-6-4-3-5-7-10/h3-8H,1-2H3. The van der Waals surface area contributed by atoms with Gasteiger partial charge in [0.25, 0.3) is 0 Å². The molecule has 5 nitrogen and oxygen atoms in total. The third-order valence-corrected chi connectivity index (χ3v) is 3.61. The highest BCUT2D eigenvalue weighted by Gasteiger charge is 2.20. The minimum absolute atomic E-state index is 0.184. The van der Waals surface area contributed by atoms with Crippen molar-refractivity contribution in [1.29, 1.82) is 0 Å². The minimum Gasteiger partial charge on any atom is -0.464 e. The number of hydrogen-bond acceptors (Lipinski definition) is 4. The van der Waals surface area contributed by atoms with Crippen LogP contribution < -0.4 is 0 Å². The van der Waals surface area contributed by atoms with Crippen LogP contribution in [0.5, 0.6) is 0 Å². The quantitative estimate of drug-likeness (QED) is 0.682. The molecule has 0 amide bonds. The Bertz CT molecular complexity index is 828. The third-order valence-electron chi connectivity index (χ3n) is 3.16. The largest absolute Gasteiger partial charge is 0.464 e. The van der Waals surface area contributed by atoms with Gasteiger partial charge >= 0.3 is 5.97 Å². The van der Waals surface area contributed by atoms with E-state index in [1.807, 2.05) is 36.4 Å². The van der Waals surface area contributed by atoms with Crippen molar-refractivity contribution in [2.24, 2.45) is 0 Å². The van der Waals surface area contributed by atoms with Crippen LogP contribution in [-0.2, 0) is 4.74 Å². The summed E-state index contributed by atoms with van der Waals surface area (Å²) in [5.41, 5.74) is 2.95. The molecular weight excluding hydrogens is 290 g/mol. The summed E-state index contributed by atoms with van der Waals surface area (Å²) in [7, 11) is 1.31. The van der Waals surface area contributed by atoms with E-state index in [1.54, 1.807) is 6.92 Å². The molecule has 106 valence electrons. The SMILES string of the molecule is COC(=O)c1c(Cl)c(C)nc2cc(-c3ccccc3)nn12. The summed E-state index contributed by atoms with van der Waals surface area (Å²) in [4.78, 5) is 16.3. The predicted molar refractivity (Wildman–Crippen MR) is 79.5 cm³/mol. The van der Waals surface area contributed by atoms with Gasteiger partial charge in [-0.1, -0.05) is 41.9 Å². The first-order chi connectivity index (χ1) is 10.1. The summed E-state index contributed by atoms with van der Waals surface area (Å²) in [6.07, 6.45) is 0. The zero-order valence-electron chi connectivity index (χ0n) is 11.5. The van der Waals surface area contributed by atoms with Crippen LogP contribution in [0.4, 0.5) is 0 Å². The Hall–Kier alpha value is -2.40. The normalized spacial score (nSPS) is 10.8. The molecule has 2 heterocycles. The number of carbonyl (C=O) groups is 1. The molecule has 6 heteroatoms. The average Bonchev–Trinajstić information content (AvgIpc) is 2.92. The lowest BCUT2D eigenvalue weighted by Crippen LogP contribution is -2.12.